The second-order valence-electron chi connectivity index (χ2n) is 8.91. The van der Waals surface area contributed by atoms with E-state index in [0.717, 1.165) is 6.07 Å². The molecule has 2 bridgehead atoms. The number of carbonyl (C=O) groups excluding carboxylic acids is 1. The summed E-state index contributed by atoms with van der Waals surface area (Å²) < 4.78 is 21.5. The summed E-state index contributed by atoms with van der Waals surface area (Å²) in [7, 11) is 0. The number of aromatic nitrogens is 2. The van der Waals surface area contributed by atoms with Gasteiger partial charge >= 0.3 is 5.69 Å². The molecule has 11 heteroatoms. The molecule has 3 fully saturated rings. The molecule has 3 aliphatic carbocycles. The van der Waals surface area contributed by atoms with E-state index in [2.05, 4.69) is 5.32 Å². The van der Waals surface area contributed by atoms with E-state index in [9.17, 15) is 23.9 Å². The number of rotatable bonds is 7. The van der Waals surface area contributed by atoms with Crippen LogP contribution in [0.4, 0.5) is 4.39 Å². The smallest absolute Gasteiger partial charge is 0.332 e. The Morgan fingerprint density at radius 1 is 1.15 bits per heavy atom. The molecule has 3 aliphatic rings. The molecule has 0 unspecified atom stereocenters. The maximum absolute atomic E-state index is 13.5. The molecule has 0 atom stereocenters. The molecule has 2 N–H and O–H groups in total. The summed E-state index contributed by atoms with van der Waals surface area (Å²) in [5.41, 5.74) is -1.76. The zero-order valence-corrected chi connectivity index (χ0v) is 19.3. The molecule has 1 amide bonds. The van der Waals surface area contributed by atoms with E-state index in [4.69, 9.17) is 27.9 Å². The van der Waals surface area contributed by atoms with Crippen LogP contribution in [0.3, 0.4) is 0 Å². The van der Waals surface area contributed by atoms with Crippen molar-refractivity contribution in [2.24, 2.45) is 0 Å². The maximum atomic E-state index is 13.5. The van der Waals surface area contributed by atoms with E-state index < -0.39 is 28.1 Å². The lowest BCUT2D eigenvalue weighted by atomic mass is 9.44. The van der Waals surface area contributed by atoms with E-state index in [1.165, 1.54) is 27.3 Å². The third-order valence-electron chi connectivity index (χ3n) is 6.57. The van der Waals surface area contributed by atoms with Crippen LogP contribution in [0.2, 0.25) is 10.0 Å². The number of ether oxygens (including phenoxy) is 1. The van der Waals surface area contributed by atoms with Crippen LogP contribution in [0.15, 0.2) is 46.0 Å². The van der Waals surface area contributed by atoms with Gasteiger partial charge in [0.25, 0.3) is 11.5 Å². The Labute approximate surface area is 202 Å². The largest absolute Gasteiger partial charge is 0.484 e. The van der Waals surface area contributed by atoms with Crippen molar-refractivity contribution >= 4 is 40.0 Å². The highest BCUT2D eigenvalue weighted by molar-refractivity contribution is 6.31. The maximum Gasteiger partial charge on any atom is 0.332 e. The Kier molecular flexibility index (Phi) is 5.46. The van der Waals surface area contributed by atoms with Gasteiger partial charge in [0.2, 0.25) is 0 Å². The molecule has 6 rings (SSSR count). The molecule has 178 valence electrons. The number of halogens is 3. The van der Waals surface area contributed by atoms with Gasteiger partial charge in [-0.15, -0.1) is 0 Å². The van der Waals surface area contributed by atoms with Gasteiger partial charge in [-0.1, -0.05) is 23.2 Å². The van der Waals surface area contributed by atoms with Crippen molar-refractivity contribution in [1.29, 1.82) is 0 Å². The number of aliphatic hydroxyl groups excluding tert-OH is 1. The number of carbonyl (C=O) groups is 1. The van der Waals surface area contributed by atoms with Crippen molar-refractivity contribution in [2.45, 2.75) is 36.9 Å². The minimum atomic E-state index is -0.688. The fraction of sp³-hybridized carbons (Fsp3) is 0.348. The SMILES string of the molecule is O=C(COc1ccc(Cl)c(F)c1)NC12CC(n3c(=O)c4ccc(Cl)cc4n(CCO)c3=O)(C1)C2. The van der Waals surface area contributed by atoms with Gasteiger partial charge in [0.1, 0.15) is 11.6 Å². The van der Waals surface area contributed by atoms with Crippen LogP contribution in [-0.2, 0) is 16.9 Å². The zero-order valence-electron chi connectivity index (χ0n) is 17.8. The fourth-order valence-electron chi connectivity index (χ4n) is 5.23. The predicted octanol–water partition coefficient (Wildman–Crippen LogP) is 2.43. The number of hydrogen-bond donors (Lipinski definition) is 2. The molecule has 1 heterocycles. The Bertz CT molecular complexity index is 1430. The topological polar surface area (TPSA) is 103 Å². The summed E-state index contributed by atoms with van der Waals surface area (Å²) in [4.78, 5) is 38.8. The minimum absolute atomic E-state index is 0.0244. The van der Waals surface area contributed by atoms with Crippen molar-refractivity contribution in [1.82, 2.24) is 14.5 Å². The van der Waals surface area contributed by atoms with Gasteiger partial charge in [0.15, 0.2) is 6.61 Å². The van der Waals surface area contributed by atoms with Crippen LogP contribution >= 0.6 is 23.2 Å². The molecule has 0 saturated heterocycles. The van der Waals surface area contributed by atoms with Gasteiger partial charge in [0, 0.05) is 16.6 Å². The van der Waals surface area contributed by atoms with Crippen molar-refractivity contribution in [2.75, 3.05) is 13.2 Å². The lowest BCUT2D eigenvalue weighted by Crippen LogP contribution is -2.81. The van der Waals surface area contributed by atoms with Crippen LogP contribution in [0, 0.1) is 5.82 Å². The van der Waals surface area contributed by atoms with Gasteiger partial charge in [0.05, 0.1) is 34.6 Å². The quantitative estimate of drug-likeness (QED) is 0.511. The average molecular weight is 508 g/mol. The first kappa shape index (κ1) is 22.9. The van der Waals surface area contributed by atoms with Crippen LogP contribution in [0.25, 0.3) is 10.9 Å². The van der Waals surface area contributed by atoms with Crippen LogP contribution < -0.4 is 21.3 Å². The van der Waals surface area contributed by atoms with E-state index >= 15 is 0 Å². The molecule has 3 saturated carbocycles. The lowest BCUT2D eigenvalue weighted by molar-refractivity contribution is -0.159. The van der Waals surface area contributed by atoms with Crippen molar-refractivity contribution in [3.63, 3.8) is 0 Å². The number of nitrogens with zero attached hydrogens (tertiary/aromatic N) is 2. The highest BCUT2D eigenvalue weighted by Gasteiger charge is 2.70. The molecule has 2 aromatic carbocycles. The highest BCUT2D eigenvalue weighted by atomic mass is 35.5. The first-order valence-electron chi connectivity index (χ1n) is 10.6. The highest BCUT2D eigenvalue weighted by Crippen LogP contribution is 2.64. The first-order valence-corrected chi connectivity index (χ1v) is 11.4. The van der Waals surface area contributed by atoms with E-state index in [1.54, 1.807) is 12.1 Å². The third-order valence-corrected chi connectivity index (χ3v) is 7.11. The number of aliphatic hydroxyl groups is 1. The van der Waals surface area contributed by atoms with Gasteiger partial charge in [-0.3, -0.25) is 18.7 Å². The van der Waals surface area contributed by atoms with Crippen LogP contribution in [0.5, 0.6) is 5.75 Å². The molecule has 34 heavy (non-hydrogen) atoms. The summed E-state index contributed by atoms with van der Waals surface area (Å²) >= 11 is 11.7. The summed E-state index contributed by atoms with van der Waals surface area (Å²) in [6, 6.07) is 8.60. The van der Waals surface area contributed by atoms with E-state index in [-0.39, 0.29) is 36.4 Å². The van der Waals surface area contributed by atoms with Gasteiger partial charge < -0.3 is 15.2 Å². The second kappa shape index (κ2) is 8.11. The zero-order chi connectivity index (χ0) is 24.3. The van der Waals surface area contributed by atoms with Gasteiger partial charge in [-0.2, -0.15) is 0 Å². The summed E-state index contributed by atoms with van der Waals surface area (Å²) in [6.45, 7) is -0.559. The Morgan fingerprint density at radius 2 is 1.88 bits per heavy atom. The lowest BCUT2D eigenvalue weighted by Gasteiger charge is -2.70. The summed E-state index contributed by atoms with van der Waals surface area (Å²) in [5.74, 6) is -0.851. The second-order valence-corrected chi connectivity index (χ2v) is 9.75. The molecular weight excluding hydrogens is 488 g/mol. The van der Waals surface area contributed by atoms with Crippen molar-refractivity contribution in [3.8, 4) is 5.75 Å². The number of benzene rings is 2. The van der Waals surface area contributed by atoms with Crippen molar-refractivity contribution < 1.29 is 19.0 Å². The number of amides is 1. The van der Waals surface area contributed by atoms with Gasteiger partial charge in [-0.05, 0) is 49.6 Å². The number of hydrogen-bond acceptors (Lipinski definition) is 5. The Morgan fingerprint density at radius 3 is 2.56 bits per heavy atom. The standard InChI is InChI=1S/C23H20Cl2FN3O5/c24-13-1-3-15-18(7-13)28(5-6-30)21(33)29(20(15)32)23-10-22(11-23,12-23)27-19(31)9-34-14-2-4-16(25)17(26)8-14/h1-4,7-8,30H,5-6,9-12H2,(H,27,31). The Hall–Kier alpha value is -2.88. The summed E-state index contributed by atoms with van der Waals surface area (Å²) in [6.07, 6.45) is 1.28. The molecule has 8 nitrogen and oxygen atoms in total. The third kappa shape index (κ3) is 3.59. The van der Waals surface area contributed by atoms with E-state index in [1.807, 2.05) is 0 Å². The fourth-order valence-corrected chi connectivity index (χ4v) is 5.51. The van der Waals surface area contributed by atoms with Gasteiger partial charge in [-0.25, -0.2) is 9.18 Å². The molecule has 0 aliphatic heterocycles. The molecule has 0 radical (unpaired) electrons. The Balaban J connectivity index is 1.33. The monoisotopic (exact) mass is 507 g/mol. The molecular formula is C23H20Cl2FN3O5. The van der Waals surface area contributed by atoms with Crippen LogP contribution in [-0.4, -0.2) is 38.9 Å². The average Bonchev–Trinajstić information content (AvgIpc) is 2.74. The number of nitrogens with one attached hydrogen (secondary N) is 1. The predicted molar refractivity (Wildman–Crippen MR) is 124 cm³/mol. The molecule has 1 aromatic heterocycles. The molecule has 0 spiro atoms. The number of fused-ring (bicyclic) bond motifs is 1. The summed E-state index contributed by atoms with van der Waals surface area (Å²) in [5, 5.41) is 13.0. The normalized spacial score (nSPS) is 22.7. The minimum Gasteiger partial charge on any atom is -0.484 e. The first-order chi connectivity index (χ1) is 16.2. The van der Waals surface area contributed by atoms with Crippen molar-refractivity contribution in [3.05, 3.63) is 73.1 Å². The molecule has 3 aromatic rings. The van der Waals surface area contributed by atoms with Crippen LogP contribution in [0.1, 0.15) is 19.3 Å². The van der Waals surface area contributed by atoms with E-state index in [0.29, 0.717) is 35.2 Å².